The molecule has 27 heavy (non-hydrogen) atoms. The van der Waals surface area contributed by atoms with Crippen LogP contribution in [0.25, 0.3) is 0 Å². The summed E-state index contributed by atoms with van der Waals surface area (Å²) in [4.78, 5) is 0. The molecule has 1 heteroatoms. The lowest BCUT2D eigenvalue weighted by Gasteiger charge is -2.24. The van der Waals surface area contributed by atoms with Crippen LogP contribution in [0.5, 0.6) is 0 Å². The minimum atomic E-state index is -0.258. The molecular weight excluding hydrogens is 348 g/mol. The fraction of sp³-hybridized carbons (Fsp3) is 0.231. The minimum absolute atomic E-state index is 0.258. The van der Waals surface area contributed by atoms with E-state index in [0.717, 1.165) is 36.3 Å². The normalized spacial score (nSPS) is 12.9. The molecule has 0 fully saturated rings. The summed E-state index contributed by atoms with van der Waals surface area (Å²) in [5.41, 5.74) is 4.98. The van der Waals surface area contributed by atoms with Crippen LogP contribution in [0.15, 0.2) is 78.9 Å². The molecule has 0 nitrogen and oxygen atoms in total. The highest BCUT2D eigenvalue weighted by Crippen LogP contribution is 2.30. The quantitative estimate of drug-likeness (QED) is 0.398. The lowest BCUT2D eigenvalue weighted by molar-refractivity contribution is 0.533. The van der Waals surface area contributed by atoms with Crippen LogP contribution in [-0.4, -0.2) is 0 Å². The van der Waals surface area contributed by atoms with Crippen molar-refractivity contribution in [3.63, 3.8) is 0 Å². The van der Waals surface area contributed by atoms with Gasteiger partial charge in [0.2, 0.25) is 0 Å². The van der Waals surface area contributed by atoms with E-state index in [2.05, 4.69) is 67.4 Å². The second kappa shape index (κ2) is 8.94. The van der Waals surface area contributed by atoms with E-state index in [1.54, 1.807) is 0 Å². The number of hydrogen-bond acceptors (Lipinski definition) is 0. The van der Waals surface area contributed by atoms with Gasteiger partial charge in [-0.15, -0.1) is 6.42 Å². The minimum Gasteiger partial charge on any atom is -0.119 e. The fourth-order valence-electron chi connectivity index (χ4n) is 3.49. The number of halogens is 1. The molecule has 1 atom stereocenters. The van der Waals surface area contributed by atoms with Gasteiger partial charge in [-0.3, -0.25) is 0 Å². The van der Waals surface area contributed by atoms with Crippen LogP contribution in [0.1, 0.15) is 42.0 Å². The Balaban J connectivity index is 1.62. The third-order valence-corrected chi connectivity index (χ3v) is 5.44. The van der Waals surface area contributed by atoms with E-state index in [0.29, 0.717) is 0 Å². The van der Waals surface area contributed by atoms with Crippen molar-refractivity contribution in [1.82, 2.24) is 0 Å². The maximum atomic E-state index is 6.01. The Morgan fingerprint density at radius 3 is 2.22 bits per heavy atom. The molecule has 0 N–H and O–H groups in total. The summed E-state index contributed by atoms with van der Waals surface area (Å²) in [6, 6.07) is 27.4. The Morgan fingerprint density at radius 1 is 0.852 bits per heavy atom. The average molecular weight is 373 g/mol. The van der Waals surface area contributed by atoms with Crippen LogP contribution in [0.2, 0.25) is 5.02 Å². The summed E-state index contributed by atoms with van der Waals surface area (Å²) >= 11 is 6.01. The standard InChI is InChI=1S/C26H25Cl/c1-3-26(2,24-14-16-25(27)17-15-24)18-8-13-22-11-7-12-23(20-22)19-21-9-5-4-6-10-21/h1,4-7,9-12,14-17,20H,8,13,18-19H2,2H3. The Hall–Kier alpha value is -2.49. The summed E-state index contributed by atoms with van der Waals surface area (Å²) in [5, 5.41) is 0.744. The van der Waals surface area contributed by atoms with Crippen LogP contribution in [0, 0.1) is 12.3 Å². The third-order valence-electron chi connectivity index (χ3n) is 5.18. The Kier molecular flexibility index (Phi) is 6.38. The maximum absolute atomic E-state index is 6.01. The van der Waals surface area contributed by atoms with Gasteiger partial charge in [-0.25, -0.2) is 0 Å². The molecule has 0 spiro atoms. The van der Waals surface area contributed by atoms with Crippen molar-refractivity contribution in [2.45, 2.75) is 38.0 Å². The molecular formula is C26H25Cl. The van der Waals surface area contributed by atoms with Gasteiger partial charge in [0.1, 0.15) is 0 Å². The van der Waals surface area contributed by atoms with Gasteiger partial charge in [0.15, 0.2) is 0 Å². The second-order valence-corrected chi connectivity index (χ2v) is 7.76. The SMILES string of the molecule is C#CC(C)(CCCc1cccc(Cc2ccccc2)c1)c1ccc(Cl)cc1. The molecule has 0 radical (unpaired) electrons. The van der Waals surface area contributed by atoms with Gasteiger partial charge in [0, 0.05) is 5.02 Å². The topological polar surface area (TPSA) is 0 Å². The van der Waals surface area contributed by atoms with E-state index >= 15 is 0 Å². The summed E-state index contributed by atoms with van der Waals surface area (Å²) in [7, 11) is 0. The van der Waals surface area contributed by atoms with Gasteiger partial charge < -0.3 is 0 Å². The average Bonchev–Trinajstić information content (AvgIpc) is 2.69. The van der Waals surface area contributed by atoms with E-state index in [9.17, 15) is 0 Å². The highest BCUT2D eigenvalue weighted by molar-refractivity contribution is 6.30. The molecule has 3 aromatic rings. The molecule has 0 aliphatic carbocycles. The van der Waals surface area contributed by atoms with Crippen molar-refractivity contribution in [2.75, 3.05) is 0 Å². The molecule has 0 aromatic heterocycles. The number of terminal acetylenes is 1. The monoisotopic (exact) mass is 372 g/mol. The summed E-state index contributed by atoms with van der Waals surface area (Å²) in [6.07, 6.45) is 9.90. The van der Waals surface area contributed by atoms with Crippen molar-refractivity contribution in [3.05, 3.63) is 106 Å². The number of aryl methyl sites for hydroxylation is 1. The van der Waals surface area contributed by atoms with Crippen molar-refractivity contribution < 1.29 is 0 Å². The summed E-state index contributed by atoms with van der Waals surface area (Å²) in [6.45, 7) is 2.14. The second-order valence-electron chi connectivity index (χ2n) is 7.32. The van der Waals surface area contributed by atoms with Crippen LogP contribution in [-0.2, 0) is 18.3 Å². The van der Waals surface area contributed by atoms with E-state index in [1.165, 1.54) is 16.7 Å². The molecule has 0 amide bonds. The molecule has 3 rings (SSSR count). The number of rotatable bonds is 7. The predicted molar refractivity (Wildman–Crippen MR) is 116 cm³/mol. The third kappa shape index (κ3) is 5.25. The Morgan fingerprint density at radius 2 is 1.52 bits per heavy atom. The largest absolute Gasteiger partial charge is 0.119 e. The van der Waals surface area contributed by atoms with Crippen molar-refractivity contribution in [1.29, 1.82) is 0 Å². The van der Waals surface area contributed by atoms with E-state index in [1.807, 2.05) is 24.3 Å². The van der Waals surface area contributed by atoms with Gasteiger partial charge >= 0.3 is 0 Å². The molecule has 0 bridgehead atoms. The van der Waals surface area contributed by atoms with Gasteiger partial charge in [-0.1, -0.05) is 84.3 Å². The first-order chi connectivity index (χ1) is 13.1. The van der Waals surface area contributed by atoms with Crippen LogP contribution < -0.4 is 0 Å². The van der Waals surface area contributed by atoms with E-state index < -0.39 is 0 Å². The molecule has 0 heterocycles. The number of benzene rings is 3. The zero-order chi connectivity index (χ0) is 19.1. The zero-order valence-corrected chi connectivity index (χ0v) is 16.5. The van der Waals surface area contributed by atoms with Crippen LogP contribution in [0.4, 0.5) is 0 Å². The van der Waals surface area contributed by atoms with Crippen LogP contribution in [0.3, 0.4) is 0 Å². The summed E-state index contributed by atoms with van der Waals surface area (Å²) < 4.78 is 0. The molecule has 136 valence electrons. The summed E-state index contributed by atoms with van der Waals surface area (Å²) in [5.74, 6) is 3.00. The zero-order valence-electron chi connectivity index (χ0n) is 15.8. The van der Waals surface area contributed by atoms with Crippen molar-refractivity contribution in [3.8, 4) is 12.3 Å². The van der Waals surface area contributed by atoms with Gasteiger partial charge in [-0.2, -0.15) is 0 Å². The highest BCUT2D eigenvalue weighted by atomic mass is 35.5. The molecule has 0 aliphatic heterocycles. The fourth-order valence-corrected chi connectivity index (χ4v) is 3.62. The van der Waals surface area contributed by atoms with Gasteiger partial charge in [-0.05, 0) is 67.0 Å². The van der Waals surface area contributed by atoms with Crippen molar-refractivity contribution in [2.24, 2.45) is 0 Å². The first-order valence-corrected chi connectivity index (χ1v) is 9.82. The Labute approximate surface area is 168 Å². The highest BCUT2D eigenvalue weighted by Gasteiger charge is 2.23. The molecule has 1 unspecified atom stereocenters. The predicted octanol–water partition coefficient (Wildman–Crippen LogP) is 6.84. The van der Waals surface area contributed by atoms with Crippen LogP contribution >= 0.6 is 11.6 Å². The molecule has 0 saturated heterocycles. The first kappa shape index (κ1) is 19.3. The smallest absolute Gasteiger partial charge is 0.0532 e. The van der Waals surface area contributed by atoms with Gasteiger partial charge in [0.05, 0.1) is 5.41 Å². The molecule has 0 aliphatic rings. The first-order valence-electron chi connectivity index (χ1n) is 9.45. The van der Waals surface area contributed by atoms with Gasteiger partial charge in [0.25, 0.3) is 0 Å². The van der Waals surface area contributed by atoms with Crippen molar-refractivity contribution >= 4 is 11.6 Å². The Bertz CT molecular complexity index is 903. The van der Waals surface area contributed by atoms with E-state index in [4.69, 9.17) is 18.0 Å². The molecule has 0 saturated carbocycles. The number of hydrogen-bond donors (Lipinski definition) is 0. The maximum Gasteiger partial charge on any atom is 0.0532 e. The lowest BCUT2D eigenvalue weighted by atomic mass is 9.78. The molecule has 3 aromatic carbocycles. The van der Waals surface area contributed by atoms with E-state index in [-0.39, 0.29) is 5.41 Å². The lowest BCUT2D eigenvalue weighted by Crippen LogP contribution is -2.19.